The number of carbonyl (C=O) groups is 1. The van der Waals surface area contributed by atoms with Crippen LogP contribution in [-0.4, -0.2) is 63.3 Å². The highest BCUT2D eigenvalue weighted by Gasteiger charge is 2.28. The lowest BCUT2D eigenvalue weighted by atomic mass is 10.2. The van der Waals surface area contributed by atoms with Crippen LogP contribution in [0.25, 0.3) is 0 Å². The molecule has 1 aliphatic heterocycles. The van der Waals surface area contributed by atoms with Gasteiger partial charge in [0.2, 0.25) is 15.9 Å². The number of carbonyl (C=O) groups excluding carboxylic acids is 1. The Labute approximate surface area is 179 Å². The highest BCUT2D eigenvalue weighted by Crippen LogP contribution is 2.27. The Morgan fingerprint density at radius 2 is 1.69 bits per heavy atom. The molecule has 1 saturated heterocycles. The Morgan fingerprint density at radius 1 is 1.07 bits per heavy atom. The van der Waals surface area contributed by atoms with Crippen LogP contribution in [0.1, 0.15) is 0 Å². The van der Waals surface area contributed by atoms with Crippen molar-refractivity contribution < 1.29 is 17.6 Å². The van der Waals surface area contributed by atoms with Gasteiger partial charge in [-0.15, -0.1) is 0 Å². The second-order valence-electron chi connectivity index (χ2n) is 6.68. The molecule has 29 heavy (non-hydrogen) atoms. The molecule has 156 valence electrons. The Bertz CT molecular complexity index is 994. The van der Waals surface area contributed by atoms with Gasteiger partial charge in [0, 0.05) is 43.9 Å². The maximum atomic E-state index is 13.1. The Kier molecular flexibility index (Phi) is 6.68. The summed E-state index contributed by atoms with van der Waals surface area (Å²) in [5, 5.41) is 0.284. The lowest BCUT2D eigenvalue weighted by molar-refractivity contribution is -0.131. The van der Waals surface area contributed by atoms with Gasteiger partial charge in [-0.3, -0.25) is 4.79 Å². The topological polar surface area (TPSA) is 60.9 Å². The second-order valence-corrected chi connectivity index (χ2v) is 9.54. The van der Waals surface area contributed by atoms with Crippen LogP contribution < -0.4 is 4.90 Å². The number of anilines is 1. The van der Waals surface area contributed by atoms with E-state index in [1.165, 1.54) is 37.4 Å². The first-order valence-electron chi connectivity index (χ1n) is 8.88. The molecule has 0 saturated carbocycles. The van der Waals surface area contributed by atoms with E-state index in [0.29, 0.717) is 26.2 Å². The van der Waals surface area contributed by atoms with Crippen LogP contribution in [0.2, 0.25) is 10.0 Å². The second kappa shape index (κ2) is 8.87. The number of benzene rings is 2. The SMILES string of the molecule is CN(CC(=O)N1CCN(c2ccc(F)cc2)CC1)S(=O)(=O)c1cc(Cl)ccc1Cl. The molecule has 2 aromatic carbocycles. The first-order valence-corrected chi connectivity index (χ1v) is 11.1. The molecule has 1 fully saturated rings. The molecule has 0 bridgehead atoms. The van der Waals surface area contributed by atoms with Gasteiger partial charge in [0.25, 0.3) is 0 Å². The van der Waals surface area contributed by atoms with Gasteiger partial charge in [0.15, 0.2) is 0 Å². The number of halogens is 3. The first kappa shape index (κ1) is 21.8. The zero-order valence-electron chi connectivity index (χ0n) is 15.7. The van der Waals surface area contributed by atoms with Crippen molar-refractivity contribution in [1.82, 2.24) is 9.21 Å². The normalized spacial score (nSPS) is 15.1. The third-order valence-corrected chi connectivity index (χ3v) is 7.28. The van der Waals surface area contributed by atoms with Gasteiger partial charge in [-0.05, 0) is 42.5 Å². The number of amides is 1. The quantitative estimate of drug-likeness (QED) is 0.688. The molecule has 2 aromatic rings. The summed E-state index contributed by atoms with van der Waals surface area (Å²) in [6.45, 7) is 1.74. The lowest BCUT2D eigenvalue weighted by Gasteiger charge is -2.36. The Morgan fingerprint density at radius 3 is 2.31 bits per heavy atom. The maximum Gasteiger partial charge on any atom is 0.244 e. The van der Waals surface area contributed by atoms with Gasteiger partial charge in [-0.2, -0.15) is 4.31 Å². The zero-order valence-corrected chi connectivity index (χ0v) is 18.0. The summed E-state index contributed by atoms with van der Waals surface area (Å²) in [6.07, 6.45) is 0. The van der Waals surface area contributed by atoms with Crippen molar-refractivity contribution in [3.63, 3.8) is 0 Å². The summed E-state index contributed by atoms with van der Waals surface area (Å²) in [6, 6.07) is 10.3. The summed E-state index contributed by atoms with van der Waals surface area (Å²) < 4.78 is 39.6. The van der Waals surface area contributed by atoms with Gasteiger partial charge in [0.1, 0.15) is 10.7 Å². The molecule has 1 heterocycles. The first-order chi connectivity index (χ1) is 13.7. The standard InChI is InChI=1S/C19H20Cl2FN3O3S/c1-23(29(27,28)18-12-14(20)2-7-17(18)21)13-19(26)25-10-8-24(9-11-25)16-5-3-15(22)4-6-16/h2-7,12H,8-11,13H2,1H3. The molecule has 1 aliphatic rings. The van der Waals surface area contributed by atoms with Gasteiger partial charge in [0.05, 0.1) is 11.6 Å². The molecule has 0 N–H and O–H groups in total. The van der Waals surface area contributed by atoms with E-state index in [1.807, 2.05) is 0 Å². The number of hydrogen-bond donors (Lipinski definition) is 0. The predicted molar refractivity (Wildman–Crippen MR) is 111 cm³/mol. The van der Waals surface area contributed by atoms with Crippen molar-refractivity contribution >= 4 is 44.8 Å². The van der Waals surface area contributed by atoms with E-state index in [4.69, 9.17) is 23.2 Å². The Hall–Kier alpha value is -1.87. The van der Waals surface area contributed by atoms with Crippen molar-refractivity contribution in [3.05, 3.63) is 58.3 Å². The van der Waals surface area contributed by atoms with E-state index >= 15 is 0 Å². The van der Waals surface area contributed by atoms with Gasteiger partial charge in [-0.1, -0.05) is 23.2 Å². The molecular formula is C19H20Cl2FN3O3S. The van der Waals surface area contributed by atoms with Crippen LogP contribution in [0.4, 0.5) is 10.1 Å². The van der Waals surface area contributed by atoms with Crippen LogP contribution >= 0.6 is 23.2 Å². The van der Waals surface area contributed by atoms with Crippen LogP contribution in [0, 0.1) is 5.82 Å². The summed E-state index contributed by atoms with van der Waals surface area (Å²) >= 11 is 11.9. The lowest BCUT2D eigenvalue weighted by Crippen LogP contribution is -2.51. The van der Waals surface area contributed by atoms with Gasteiger partial charge < -0.3 is 9.80 Å². The van der Waals surface area contributed by atoms with Gasteiger partial charge >= 0.3 is 0 Å². The molecule has 0 unspecified atom stereocenters. The fourth-order valence-electron chi connectivity index (χ4n) is 3.08. The fourth-order valence-corrected chi connectivity index (χ4v) is 4.94. The minimum Gasteiger partial charge on any atom is -0.368 e. The molecule has 6 nitrogen and oxygen atoms in total. The van der Waals surface area contributed by atoms with Crippen LogP contribution in [0.3, 0.4) is 0 Å². The highest BCUT2D eigenvalue weighted by molar-refractivity contribution is 7.89. The van der Waals surface area contributed by atoms with Crippen molar-refractivity contribution in [2.24, 2.45) is 0 Å². The Balaban J connectivity index is 1.61. The maximum absolute atomic E-state index is 13.1. The van der Waals surface area contributed by atoms with Crippen molar-refractivity contribution in [1.29, 1.82) is 0 Å². The zero-order chi connectivity index (χ0) is 21.2. The van der Waals surface area contributed by atoms with Crippen LogP contribution in [-0.2, 0) is 14.8 Å². The van der Waals surface area contributed by atoms with E-state index < -0.39 is 10.0 Å². The summed E-state index contributed by atoms with van der Waals surface area (Å²) in [5.41, 5.74) is 0.883. The number of sulfonamides is 1. The summed E-state index contributed by atoms with van der Waals surface area (Å²) in [5.74, 6) is -0.598. The number of hydrogen-bond acceptors (Lipinski definition) is 4. The van der Waals surface area contributed by atoms with E-state index in [-0.39, 0.29) is 33.2 Å². The largest absolute Gasteiger partial charge is 0.368 e. The monoisotopic (exact) mass is 459 g/mol. The predicted octanol–water partition coefficient (Wildman–Crippen LogP) is 3.10. The third-order valence-electron chi connectivity index (χ3n) is 4.76. The number of nitrogens with zero attached hydrogens (tertiary/aromatic N) is 3. The third kappa shape index (κ3) is 5.01. The number of piperazine rings is 1. The molecule has 0 aromatic heterocycles. The van der Waals surface area contributed by atoms with Crippen LogP contribution in [0.15, 0.2) is 47.4 Å². The van der Waals surface area contributed by atoms with Crippen molar-refractivity contribution in [2.75, 3.05) is 44.7 Å². The number of likely N-dealkylation sites (N-methyl/N-ethyl adjacent to an activating group) is 1. The molecule has 10 heteroatoms. The summed E-state index contributed by atoms with van der Waals surface area (Å²) in [7, 11) is -2.63. The van der Waals surface area contributed by atoms with Crippen molar-refractivity contribution in [2.45, 2.75) is 4.90 Å². The average Bonchev–Trinajstić information content (AvgIpc) is 2.70. The molecule has 0 atom stereocenters. The minimum absolute atomic E-state index is 0.0432. The summed E-state index contributed by atoms with van der Waals surface area (Å²) in [4.78, 5) is 16.2. The number of rotatable bonds is 5. The van der Waals surface area contributed by atoms with Crippen molar-refractivity contribution in [3.8, 4) is 0 Å². The van der Waals surface area contributed by atoms with E-state index in [0.717, 1.165) is 9.99 Å². The molecular weight excluding hydrogens is 440 g/mol. The van der Waals surface area contributed by atoms with Crippen LogP contribution in [0.5, 0.6) is 0 Å². The van der Waals surface area contributed by atoms with Gasteiger partial charge in [-0.25, -0.2) is 12.8 Å². The highest BCUT2D eigenvalue weighted by atomic mass is 35.5. The smallest absolute Gasteiger partial charge is 0.244 e. The van der Waals surface area contributed by atoms with E-state index in [2.05, 4.69) is 4.90 Å². The molecule has 0 spiro atoms. The molecule has 3 rings (SSSR count). The fraction of sp³-hybridized carbons (Fsp3) is 0.316. The molecule has 0 radical (unpaired) electrons. The van der Waals surface area contributed by atoms with E-state index in [1.54, 1.807) is 17.0 Å². The minimum atomic E-state index is -3.96. The average molecular weight is 460 g/mol. The molecule has 1 amide bonds. The van der Waals surface area contributed by atoms with E-state index in [9.17, 15) is 17.6 Å². The molecule has 0 aliphatic carbocycles.